The maximum atomic E-state index is 12.6. The summed E-state index contributed by atoms with van der Waals surface area (Å²) in [5, 5.41) is 5.72. The normalized spacial score (nSPS) is 17.0. The second-order valence-electron chi connectivity index (χ2n) is 7.49. The topological polar surface area (TPSA) is 95.6 Å². The maximum Gasteiger partial charge on any atom is 0.293 e. The first-order valence-corrected chi connectivity index (χ1v) is 11.3. The SMILES string of the molecule is O=C(NCCN1C(=O)S/C(=C\c2ccc(Cl)cc2)C1=O)c1cccc(NC(=O)C2CC2)c1. The lowest BCUT2D eigenvalue weighted by Gasteiger charge is -2.13. The summed E-state index contributed by atoms with van der Waals surface area (Å²) in [5.74, 6) is -0.710. The fraction of sp³-hybridized carbons (Fsp3) is 0.217. The highest BCUT2D eigenvalue weighted by Crippen LogP contribution is 2.32. The van der Waals surface area contributed by atoms with Crippen molar-refractivity contribution in [1.29, 1.82) is 0 Å². The molecule has 0 unspecified atom stereocenters. The molecule has 2 fully saturated rings. The third kappa shape index (κ3) is 5.38. The Morgan fingerprint density at radius 3 is 2.59 bits per heavy atom. The summed E-state index contributed by atoms with van der Waals surface area (Å²) in [6.45, 7) is 0.177. The Labute approximate surface area is 194 Å². The van der Waals surface area contributed by atoms with Gasteiger partial charge in [0.2, 0.25) is 5.91 Å². The Balaban J connectivity index is 1.31. The van der Waals surface area contributed by atoms with Crippen LogP contribution in [0.4, 0.5) is 10.5 Å². The van der Waals surface area contributed by atoms with E-state index in [2.05, 4.69) is 10.6 Å². The van der Waals surface area contributed by atoms with Crippen LogP contribution in [-0.2, 0) is 9.59 Å². The minimum Gasteiger partial charge on any atom is -0.350 e. The predicted octanol–water partition coefficient (Wildman–Crippen LogP) is 4.15. The van der Waals surface area contributed by atoms with E-state index in [9.17, 15) is 19.2 Å². The molecule has 0 spiro atoms. The lowest BCUT2D eigenvalue weighted by Crippen LogP contribution is -2.37. The van der Waals surface area contributed by atoms with E-state index in [0.29, 0.717) is 21.2 Å². The lowest BCUT2D eigenvalue weighted by atomic mass is 10.2. The number of anilines is 1. The van der Waals surface area contributed by atoms with Gasteiger partial charge in [0.15, 0.2) is 0 Å². The molecule has 1 aliphatic carbocycles. The molecule has 9 heteroatoms. The second kappa shape index (κ2) is 9.58. The summed E-state index contributed by atoms with van der Waals surface area (Å²) in [5.41, 5.74) is 1.71. The van der Waals surface area contributed by atoms with E-state index >= 15 is 0 Å². The molecule has 1 aliphatic heterocycles. The third-order valence-electron chi connectivity index (χ3n) is 5.00. The molecule has 0 atom stereocenters. The molecule has 2 aromatic rings. The van der Waals surface area contributed by atoms with Crippen molar-refractivity contribution in [1.82, 2.24) is 10.2 Å². The van der Waals surface area contributed by atoms with Crippen molar-refractivity contribution < 1.29 is 19.2 Å². The fourth-order valence-electron chi connectivity index (χ4n) is 3.11. The van der Waals surface area contributed by atoms with Gasteiger partial charge in [-0.25, -0.2) is 0 Å². The molecule has 7 nitrogen and oxygen atoms in total. The molecule has 4 rings (SSSR count). The van der Waals surface area contributed by atoms with Gasteiger partial charge < -0.3 is 10.6 Å². The van der Waals surface area contributed by atoms with E-state index in [4.69, 9.17) is 11.6 Å². The number of thioether (sulfide) groups is 1. The Morgan fingerprint density at radius 2 is 1.88 bits per heavy atom. The molecule has 1 saturated carbocycles. The molecule has 32 heavy (non-hydrogen) atoms. The van der Waals surface area contributed by atoms with Gasteiger partial charge in [-0.2, -0.15) is 0 Å². The molecule has 2 N–H and O–H groups in total. The van der Waals surface area contributed by atoms with Crippen LogP contribution in [0.3, 0.4) is 0 Å². The largest absolute Gasteiger partial charge is 0.350 e. The fourth-order valence-corrected chi connectivity index (χ4v) is 4.11. The van der Waals surface area contributed by atoms with Crippen LogP contribution >= 0.6 is 23.4 Å². The van der Waals surface area contributed by atoms with E-state index in [-0.39, 0.29) is 36.1 Å². The summed E-state index contributed by atoms with van der Waals surface area (Å²) in [6, 6.07) is 13.6. The smallest absolute Gasteiger partial charge is 0.293 e. The molecule has 2 aliphatic rings. The number of halogens is 1. The Kier molecular flexibility index (Phi) is 6.62. The number of carbonyl (C=O) groups excluding carboxylic acids is 4. The van der Waals surface area contributed by atoms with Gasteiger partial charge in [0.1, 0.15) is 0 Å². The van der Waals surface area contributed by atoms with Crippen molar-refractivity contribution in [2.24, 2.45) is 5.92 Å². The van der Waals surface area contributed by atoms with Crippen molar-refractivity contribution in [2.45, 2.75) is 12.8 Å². The minimum absolute atomic E-state index is 0.0337. The zero-order chi connectivity index (χ0) is 22.7. The van der Waals surface area contributed by atoms with Crippen LogP contribution < -0.4 is 10.6 Å². The van der Waals surface area contributed by atoms with E-state index < -0.39 is 5.91 Å². The van der Waals surface area contributed by atoms with E-state index in [1.807, 2.05) is 0 Å². The molecular formula is C23H20ClN3O4S. The van der Waals surface area contributed by atoms with Crippen LogP contribution in [0.1, 0.15) is 28.8 Å². The van der Waals surface area contributed by atoms with Crippen molar-refractivity contribution in [3.63, 3.8) is 0 Å². The Hall–Kier alpha value is -3.10. The van der Waals surface area contributed by atoms with Crippen LogP contribution in [0.5, 0.6) is 0 Å². The minimum atomic E-state index is -0.394. The van der Waals surface area contributed by atoms with Crippen molar-refractivity contribution in [3.8, 4) is 0 Å². The van der Waals surface area contributed by atoms with Gasteiger partial charge >= 0.3 is 0 Å². The second-order valence-corrected chi connectivity index (χ2v) is 8.91. The number of carbonyl (C=O) groups is 4. The van der Waals surface area contributed by atoms with Crippen LogP contribution in [0, 0.1) is 5.92 Å². The molecular weight excluding hydrogens is 450 g/mol. The highest BCUT2D eigenvalue weighted by atomic mass is 35.5. The first-order chi connectivity index (χ1) is 15.4. The first-order valence-electron chi connectivity index (χ1n) is 10.1. The molecule has 2 aromatic carbocycles. The Morgan fingerprint density at radius 1 is 1.12 bits per heavy atom. The first kappa shape index (κ1) is 22.1. The zero-order valence-corrected chi connectivity index (χ0v) is 18.5. The number of imide groups is 1. The predicted molar refractivity (Wildman–Crippen MR) is 124 cm³/mol. The summed E-state index contributed by atoms with van der Waals surface area (Å²) < 4.78 is 0. The van der Waals surface area contributed by atoms with Crippen LogP contribution in [-0.4, -0.2) is 41.0 Å². The van der Waals surface area contributed by atoms with Gasteiger partial charge in [-0.05, 0) is 66.6 Å². The number of nitrogens with zero attached hydrogens (tertiary/aromatic N) is 1. The summed E-state index contributed by atoms with van der Waals surface area (Å²) in [7, 11) is 0. The van der Waals surface area contributed by atoms with Gasteiger partial charge in [0.05, 0.1) is 4.91 Å². The van der Waals surface area contributed by atoms with Gasteiger partial charge in [0.25, 0.3) is 17.1 Å². The molecule has 1 heterocycles. The molecule has 1 saturated heterocycles. The highest BCUT2D eigenvalue weighted by molar-refractivity contribution is 8.18. The van der Waals surface area contributed by atoms with Crippen LogP contribution in [0.15, 0.2) is 53.4 Å². The quantitative estimate of drug-likeness (QED) is 0.594. The average molecular weight is 470 g/mol. The summed E-state index contributed by atoms with van der Waals surface area (Å²) in [4.78, 5) is 50.6. The summed E-state index contributed by atoms with van der Waals surface area (Å²) >= 11 is 6.73. The molecule has 0 bridgehead atoms. The summed E-state index contributed by atoms with van der Waals surface area (Å²) in [6.07, 6.45) is 3.44. The number of amides is 4. The third-order valence-corrected chi connectivity index (χ3v) is 6.16. The monoisotopic (exact) mass is 469 g/mol. The van der Waals surface area contributed by atoms with E-state index in [1.165, 1.54) is 0 Å². The lowest BCUT2D eigenvalue weighted by molar-refractivity contribution is -0.122. The van der Waals surface area contributed by atoms with Crippen molar-refractivity contribution in [2.75, 3.05) is 18.4 Å². The van der Waals surface area contributed by atoms with Gasteiger partial charge in [-0.1, -0.05) is 29.8 Å². The van der Waals surface area contributed by atoms with Crippen LogP contribution in [0.25, 0.3) is 6.08 Å². The molecule has 0 radical (unpaired) electrons. The van der Waals surface area contributed by atoms with Gasteiger partial charge in [-0.3, -0.25) is 24.1 Å². The molecule has 164 valence electrons. The van der Waals surface area contributed by atoms with Gasteiger partial charge in [-0.15, -0.1) is 0 Å². The van der Waals surface area contributed by atoms with Crippen LogP contribution in [0.2, 0.25) is 5.02 Å². The number of rotatable bonds is 7. The zero-order valence-electron chi connectivity index (χ0n) is 17.0. The van der Waals surface area contributed by atoms with Crippen molar-refractivity contribution in [3.05, 3.63) is 69.6 Å². The van der Waals surface area contributed by atoms with E-state index in [1.54, 1.807) is 54.6 Å². The van der Waals surface area contributed by atoms with Gasteiger partial charge in [0, 0.05) is 35.3 Å². The standard InChI is InChI=1S/C23H20ClN3O4S/c24-17-8-4-14(5-9-17)12-19-22(30)27(23(31)32-19)11-10-25-20(28)16-2-1-3-18(13-16)26-21(29)15-6-7-15/h1-5,8-9,12-13,15H,6-7,10-11H2,(H,25,28)(H,26,29)/b19-12-. The molecule has 4 amide bonds. The van der Waals surface area contributed by atoms with E-state index in [0.717, 1.165) is 35.1 Å². The Bertz CT molecular complexity index is 1110. The maximum absolute atomic E-state index is 12.6. The molecule has 0 aromatic heterocycles. The number of benzene rings is 2. The highest BCUT2D eigenvalue weighted by Gasteiger charge is 2.34. The number of hydrogen-bond donors (Lipinski definition) is 2. The van der Waals surface area contributed by atoms with Crippen molar-refractivity contribution >= 4 is 58.1 Å². The average Bonchev–Trinajstić information content (AvgIpc) is 3.59. The number of nitrogens with one attached hydrogen (secondary N) is 2. The number of hydrogen-bond acceptors (Lipinski definition) is 5.